The first-order valence-electron chi connectivity index (χ1n) is 5.85. The Kier molecular flexibility index (Phi) is 8.02. The first kappa shape index (κ1) is 14.9. The molecular formula is C12H28N2O. The standard InChI is InChI=1S/C12H28N2O/c1-10(2)12(14(4)5)8-13-7-11(3)9-15-6/h10-13H,7-9H2,1-6H3. The van der Waals surface area contributed by atoms with Crippen LogP contribution in [0.5, 0.6) is 0 Å². The zero-order chi connectivity index (χ0) is 11.8. The fraction of sp³-hybridized carbons (Fsp3) is 1.00. The highest BCUT2D eigenvalue weighted by Gasteiger charge is 2.15. The molecule has 0 amide bonds. The van der Waals surface area contributed by atoms with Gasteiger partial charge in [0.1, 0.15) is 0 Å². The van der Waals surface area contributed by atoms with Gasteiger partial charge in [-0.25, -0.2) is 0 Å². The molecule has 2 atom stereocenters. The highest BCUT2D eigenvalue weighted by Crippen LogP contribution is 2.06. The molecule has 0 radical (unpaired) electrons. The number of methoxy groups -OCH3 is 1. The predicted molar refractivity (Wildman–Crippen MR) is 66.2 cm³/mol. The number of ether oxygens (including phenoxy) is 1. The third-order valence-electron chi connectivity index (χ3n) is 2.73. The highest BCUT2D eigenvalue weighted by molar-refractivity contribution is 4.73. The van der Waals surface area contributed by atoms with Crippen LogP contribution in [0.4, 0.5) is 0 Å². The molecule has 0 bridgehead atoms. The lowest BCUT2D eigenvalue weighted by Crippen LogP contribution is -2.42. The Morgan fingerprint density at radius 1 is 1.13 bits per heavy atom. The Labute approximate surface area is 95.2 Å². The minimum atomic E-state index is 0.588. The summed E-state index contributed by atoms with van der Waals surface area (Å²) in [6.45, 7) is 9.66. The predicted octanol–water partition coefficient (Wildman–Crippen LogP) is 1.44. The molecule has 0 aromatic rings. The summed E-state index contributed by atoms with van der Waals surface area (Å²) in [5.41, 5.74) is 0. The van der Waals surface area contributed by atoms with Crippen molar-refractivity contribution in [3.63, 3.8) is 0 Å². The van der Waals surface area contributed by atoms with Crippen LogP contribution in [0, 0.1) is 11.8 Å². The van der Waals surface area contributed by atoms with Crippen LogP contribution in [0.15, 0.2) is 0 Å². The molecule has 3 heteroatoms. The van der Waals surface area contributed by atoms with Gasteiger partial charge in [0.25, 0.3) is 0 Å². The number of likely N-dealkylation sites (N-methyl/N-ethyl adjacent to an activating group) is 1. The Hall–Kier alpha value is -0.120. The Balaban J connectivity index is 3.71. The molecule has 0 aromatic heterocycles. The van der Waals surface area contributed by atoms with Crippen LogP contribution in [-0.4, -0.2) is 51.8 Å². The molecule has 0 spiro atoms. The number of hydrogen-bond donors (Lipinski definition) is 1. The molecule has 0 fully saturated rings. The minimum Gasteiger partial charge on any atom is -0.384 e. The topological polar surface area (TPSA) is 24.5 Å². The maximum Gasteiger partial charge on any atom is 0.0499 e. The van der Waals surface area contributed by atoms with Gasteiger partial charge in [0.2, 0.25) is 0 Å². The van der Waals surface area contributed by atoms with Gasteiger partial charge in [-0.1, -0.05) is 20.8 Å². The van der Waals surface area contributed by atoms with E-state index in [1.54, 1.807) is 7.11 Å². The van der Waals surface area contributed by atoms with Crippen molar-refractivity contribution < 1.29 is 4.74 Å². The van der Waals surface area contributed by atoms with Gasteiger partial charge < -0.3 is 15.0 Å². The van der Waals surface area contributed by atoms with Crippen LogP contribution in [0.2, 0.25) is 0 Å². The Bertz CT molecular complexity index is 141. The summed E-state index contributed by atoms with van der Waals surface area (Å²) in [4.78, 5) is 2.29. The van der Waals surface area contributed by atoms with E-state index in [1.165, 1.54) is 0 Å². The largest absolute Gasteiger partial charge is 0.384 e. The molecule has 0 aromatic carbocycles. The van der Waals surface area contributed by atoms with Crippen molar-refractivity contribution in [2.45, 2.75) is 26.8 Å². The summed E-state index contributed by atoms with van der Waals surface area (Å²) < 4.78 is 5.11. The molecule has 0 saturated heterocycles. The maximum absolute atomic E-state index is 5.11. The lowest BCUT2D eigenvalue weighted by atomic mass is 10.0. The number of hydrogen-bond acceptors (Lipinski definition) is 3. The summed E-state index contributed by atoms with van der Waals surface area (Å²) in [5, 5.41) is 3.51. The summed E-state index contributed by atoms with van der Waals surface area (Å²) >= 11 is 0. The summed E-state index contributed by atoms with van der Waals surface area (Å²) in [6, 6.07) is 0.611. The smallest absolute Gasteiger partial charge is 0.0499 e. The second-order valence-electron chi connectivity index (χ2n) is 4.99. The number of nitrogens with one attached hydrogen (secondary N) is 1. The highest BCUT2D eigenvalue weighted by atomic mass is 16.5. The molecule has 15 heavy (non-hydrogen) atoms. The molecule has 3 nitrogen and oxygen atoms in total. The molecule has 0 aliphatic heterocycles. The zero-order valence-electron chi connectivity index (χ0n) is 11.2. The van der Waals surface area contributed by atoms with Crippen molar-refractivity contribution in [2.24, 2.45) is 11.8 Å². The molecule has 0 saturated carbocycles. The number of nitrogens with zero attached hydrogens (tertiary/aromatic N) is 1. The zero-order valence-corrected chi connectivity index (χ0v) is 11.2. The van der Waals surface area contributed by atoms with Crippen molar-refractivity contribution in [1.82, 2.24) is 10.2 Å². The molecule has 92 valence electrons. The molecular weight excluding hydrogens is 188 g/mol. The van der Waals surface area contributed by atoms with E-state index in [9.17, 15) is 0 Å². The first-order valence-corrected chi connectivity index (χ1v) is 5.85. The van der Waals surface area contributed by atoms with Gasteiger partial charge in [-0.3, -0.25) is 0 Å². The first-order chi connectivity index (χ1) is 6.99. The summed E-state index contributed by atoms with van der Waals surface area (Å²) in [5.74, 6) is 1.27. The van der Waals surface area contributed by atoms with Crippen LogP contribution in [-0.2, 0) is 4.74 Å². The Morgan fingerprint density at radius 2 is 1.73 bits per heavy atom. The average Bonchev–Trinajstić information content (AvgIpc) is 2.11. The van der Waals surface area contributed by atoms with Crippen LogP contribution in [0.3, 0.4) is 0 Å². The fourth-order valence-electron chi connectivity index (χ4n) is 1.84. The van der Waals surface area contributed by atoms with Crippen LogP contribution < -0.4 is 5.32 Å². The third kappa shape index (κ3) is 6.88. The van der Waals surface area contributed by atoms with E-state index in [4.69, 9.17) is 4.74 Å². The van der Waals surface area contributed by atoms with E-state index in [0.717, 1.165) is 19.7 Å². The molecule has 0 aliphatic rings. The molecule has 0 heterocycles. The van der Waals surface area contributed by atoms with Crippen LogP contribution in [0.25, 0.3) is 0 Å². The quantitative estimate of drug-likeness (QED) is 0.664. The van der Waals surface area contributed by atoms with Gasteiger partial charge >= 0.3 is 0 Å². The third-order valence-corrected chi connectivity index (χ3v) is 2.73. The van der Waals surface area contributed by atoms with Crippen LogP contribution in [0.1, 0.15) is 20.8 Å². The van der Waals surface area contributed by atoms with E-state index in [2.05, 4.69) is 45.1 Å². The van der Waals surface area contributed by atoms with Gasteiger partial charge in [-0.05, 0) is 32.5 Å². The molecule has 1 N–H and O–H groups in total. The molecule has 0 aliphatic carbocycles. The minimum absolute atomic E-state index is 0.588. The number of rotatable bonds is 8. The van der Waals surface area contributed by atoms with Crippen molar-refractivity contribution in [2.75, 3.05) is 40.9 Å². The van der Waals surface area contributed by atoms with Gasteiger partial charge in [0.05, 0.1) is 0 Å². The lowest BCUT2D eigenvalue weighted by Gasteiger charge is -2.28. The molecule has 2 unspecified atom stereocenters. The van der Waals surface area contributed by atoms with Crippen molar-refractivity contribution >= 4 is 0 Å². The monoisotopic (exact) mass is 216 g/mol. The van der Waals surface area contributed by atoms with E-state index >= 15 is 0 Å². The van der Waals surface area contributed by atoms with Gasteiger partial charge in [-0.2, -0.15) is 0 Å². The van der Waals surface area contributed by atoms with Crippen molar-refractivity contribution in [1.29, 1.82) is 0 Å². The fourth-order valence-corrected chi connectivity index (χ4v) is 1.84. The second-order valence-corrected chi connectivity index (χ2v) is 4.99. The van der Waals surface area contributed by atoms with E-state index in [0.29, 0.717) is 17.9 Å². The maximum atomic E-state index is 5.11. The molecule has 0 rings (SSSR count). The normalized spacial score (nSPS) is 16.0. The van der Waals surface area contributed by atoms with Gasteiger partial charge in [-0.15, -0.1) is 0 Å². The van der Waals surface area contributed by atoms with E-state index in [-0.39, 0.29) is 0 Å². The van der Waals surface area contributed by atoms with E-state index < -0.39 is 0 Å². The summed E-state index contributed by atoms with van der Waals surface area (Å²) in [6.07, 6.45) is 0. The Morgan fingerprint density at radius 3 is 2.13 bits per heavy atom. The van der Waals surface area contributed by atoms with Crippen molar-refractivity contribution in [3.8, 4) is 0 Å². The summed E-state index contributed by atoms with van der Waals surface area (Å²) in [7, 11) is 6.04. The van der Waals surface area contributed by atoms with Gasteiger partial charge in [0.15, 0.2) is 0 Å². The van der Waals surface area contributed by atoms with Crippen LogP contribution >= 0.6 is 0 Å². The second kappa shape index (κ2) is 8.08. The lowest BCUT2D eigenvalue weighted by molar-refractivity contribution is 0.155. The van der Waals surface area contributed by atoms with E-state index in [1.807, 2.05) is 0 Å². The SMILES string of the molecule is COCC(C)CNCC(C(C)C)N(C)C. The van der Waals surface area contributed by atoms with Gasteiger partial charge in [0, 0.05) is 26.3 Å². The van der Waals surface area contributed by atoms with Crippen molar-refractivity contribution in [3.05, 3.63) is 0 Å². The average molecular weight is 216 g/mol.